The first-order valence-corrected chi connectivity index (χ1v) is 14.9. The molecule has 0 aliphatic heterocycles. The van der Waals surface area contributed by atoms with Crippen molar-refractivity contribution in [1.82, 2.24) is 0 Å². The molecule has 194 valence electrons. The molecular formula is C29H31O6PS. The highest BCUT2D eigenvalue weighted by molar-refractivity contribution is 7.79. The van der Waals surface area contributed by atoms with E-state index in [9.17, 15) is 13.6 Å². The number of carbonyl (C=O) groups is 1. The summed E-state index contributed by atoms with van der Waals surface area (Å²) in [5, 5.41) is 3.76. The Morgan fingerprint density at radius 2 is 1.43 bits per heavy atom. The molecule has 5 unspecified atom stereocenters. The lowest BCUT2D eigenvalue weighted by Crippen LogP contribution is -2.39. The SMILES string of the molecule is Cc1cc(P(c2ccccc2)c2ccccc2)cc(C)c1OCC(=O)OC1C2CCC(C2)C1OS(=O)O. The van der Waals surface area contributed by atoms with Crippen LogP contribution in [0, 0.1) is 25.7 Å². The van der Waals surface area contributed by atoms with Gasteiger partial charge in [-0.2, -0.15) is 4.21 Å². The predicted molar refractivity (Wildman–Crippen MR) is 146 cm³/mol. The Morgan fingerprint density at radius 1 is 0.892 bits per heavy atom. The average molecular weight is 539 g/mol. The number of aryl methyl sites for hydroxylation is 2. The molecule has 8 heteroatoms. The quantitative estimate of drug-likeness (QED) is 0.249. The van der Waals surface area contributed by atoms with Gasteiger partial charge in [0, 0.05) is 0 Å². The summed E-state index contributed by atoms with van der Waals surface area (Å²) in [6.45, 7) is 3.77. The van der Waals surface area contributed by atoms with E-state index < -0.39 is 37.5 Å². The molecule has 37 heavy (non-hydrogen) atoms. The van der Waals surface area contributed by atoms with E-state index in [1.807, 2.05) is 26.0 Å². The van der Waals surface area contributed by atoms with Gasteiger partial charge in [-0.3, -0.25) is 8.74 Å². The van der Waals surface area contributed by atoms with Crippen LogP contribution in [0.15, 0.2) is 72.8 Å². The van der Waals surface area contributed by atoms with E-state index in [0.29, 0.717) is 5.75 Å². The van der Waals surface area contributed by atoms with Crippen LogP contribution in [0.3, 0.4) is 0 Å². The summed E-state index contributed by atoms with van der Waals surface area (Å²) in [5.41, 5.74) is 1.91. The first kappa shape index (κ1) is 26.1. The molecule has 2 aliphatic carbocycles. The number of carbonyl (C=O) groups excluding carboxylic acids is 1. The number of benzene rings is 3. The fourth-order valence-electron chi connectivity index (χ4n) is 5.78. The molecule has 2 aliphatic rings. The lowest BCUT2D eigenvalue weighted by Gasteiger charge is -2.29. The second-order valence-electron chi connectivity index (χ2n) is 9.77. The maximum Gasteiger partial charge on any atom is 0.344 e. The van der Waals surface area contributed by atoms with E-state index in [-0.39, 0.29) is 18.4 Å². The second kappa shape index (κ2) is 11.4. The summed E-state index contributed by atoms with van der Waals surface area (Å²) in [4.78, 5) is 12.7. The van der Waals surface area contributed by atoms with Crippen LogP contribution in [-0.4, -0.2) is 33.5 Å². The molecule has 0 heterocycles. The minimum atomic E-state index is -2.39. The van der Waals surface area contributed by atoms with Gasteiger partial charge in [-0.15, -0.1) is 0 Å². The summed E-state index contributed by atoms with van der Waals surface area (Å²) in [6, 6.07) is 25.3. The molecule has 0 aromatic heterocycles. The van der Waals surface area contributed by atoms with Crippen molar-refractivity contribution in [3.63, 3.8) is 0 Å². The van der Waals surface area contributed by atoms with Gasteiger partial charge in [0.15, 0.2) is 6.61 Å². The van der Waals surface area contributed by atoms with Gasteiger partial charge in [-0.05, 0) is 92.0 Å². The molecule has 5 rings (SSSR count). The van der Waals surface area contributed by atoms with Gasteiger partial charge >= 0.3 is 17.3 Å². The molecule has 5 atom stereocenters. The Hall–Kier alpha value is -2.57. The van der Waals surface area contributed by atoms with Crippen LogP contribution >= 0.6 is 7.92 Å². The number of hydrogen-bond acceptors (Lipinski definition) is 5. The van der Waals surface area contributed by atoms with E-state index in [2.05, 4.69) is 60.7 Å². The lowest BCUT2D eigenvalue weighted by atomic mass is 9.95. The molecular weight excluding hydrogens is 507 g/mol. The zero-order valence-corrected chi connectivity index (χ0v) is 22.6. The third-order valence-corrected chi connectivity index (χ3v) is 10.1. The van der Waals surface area contributed by atoms with Crippen molar-refractivity contribution in [1.29, 1.82) is 0 Å². The van der Waals surface area contributed by atoms with Crippen molar-refractivity contribution >= 4 is 41.2 Å². The van der Waals surface area contributed by atoms with Gasteiger partial charge in [-0.25, -0.2) is 4.79 Å². The smallest absolute Gasteiger partial charge is 0.344 e. The summed E-state index contributed by atoms with van der Waals surface area (Å²) < 4.78 is 37.3. The Morgan fingerprint density at radius 3 is 1.97 bits per heavy atom. The normalized spacial score (nSPS) is 23.2. The highest BCUT2D eigenvalue weighted by atomic mass is 32.2. The van der Waals surface area contributed by atoms with Gasteiger partial charge in [0.25, 0.3) is 0 Å². The van der Waals surface area contributed by atoms with Crippen LogP contribution in [-0.2, 0) is 25.1 Å². The average Bonchev–Trinajstić information content (AvgIpc) is 3.47. The highest BCUT2D eigenvalue weighted by Gasteiger charge is 2.51. The van der Waals surface area contributed by atoms with Gasteiger partial charge in [-0.1, -0.05) is 60.7 Å². The van der Waals surface area contributed by atoms with Gasteiger partial charge in [0.1, 0.15) is 18.0 Å². The third-order valence-electron chi connectivity index (χ3n) is 7.29. The molecule has 3 aromatic rings. The van der Waals surface area contributed by atoms with Crippen LogP contribution < -0.4 is 20.7 Å². The zero-order chi connectivity index (χ0) is 25.9. The third kappa shape index (κ3) is 5.80. The Bertz CT molecular complexity index is 1210. The molecule has 6 nitrogen and oxygen atoms in total. The molecule has 1 N–H and O–H groups in total. The van der Waals surface area contributed by atoms with Crippen molar-refractivity contribution in [2.45, 2.75) is 45.3 Å². The maximum atomic E-state index is 12.7. The van der Waals surface area contributed by atoms with E-state index in [1.165, 1.54) is 15.9 Å². The lowest BCUT2D eigenvalue weighted by molar-refractivity contribution is -0.159. The van der Waals surface area contributed by atoms with E-state index >= 15 is 0 Å². The fraction of sp³-hybridized carbons (Fsp3) is 0.345. The molecule has 0 spiro atoms. The topological polar surface area (TPSA) is 82.1 Å². The number of fused-ring (bicyclic) bond motifs is 2. The van der Waals surface area contributed by atoms with Gasteiger partial charge in [0.05, 0.1) is 0 Å². The van der Waals surface area contributed by atoms with Crippen molar-refractivity contribution < 1.29 is 27.2 Å². The molecule has 2 bridgehead atoms. The summed E-state index contributed by atoms with van der Waals surface area (Å²) >= 11 is -2.39. The monoisotopic (exact) mass is 538 g/mol. The molecule has 2 fully saturated rings. The fourth-order valence-corrected chi connectivity index (χ4v) is 8.72. The van der Waals surface area contributed by atoms with Gasteiger partial charge in [0.2, 0.25) is 0 Å². The molecule has 2 saturated carbocycles. The summed E-state index contributed by atoms with van der Waals surface area (Å²) in [5.74, 6) is 0.504. The van der Waals surface area contributed by atoms with Crippen molar-refractivity contribution in [2.75, 3.05) is 6.61 Å². The Balaban J connectivity index is 1.31. The number of ether oxygens (including phenoxy) is 2. The van der Waals surface area contributed by atoms with Crippen LogP contribution in [0.1, 0.15) is 30.4 Å². The zero-order valence-electron chi connectivity index (χ0n) is 20.9. The Labute approximate surface area is 221 Å². The van der Waals surface area contributed by atoms with Gasteiger partial charge < -0.3 is 9.47 Å². The molecule has 0 amide bonds. The van der Waals surface area contributed by atoms with Crippen LogP contribution in [0.2, 0.25) is 0 Å². The number of rotatable bonds is 9. The van der Waals surface area contributed by atoms with Crippen LogP contribution in [0.5, 0.6) is 5.75 Å². The Kier molecular flexibility index (Phi) is 8.06. The van der Waals surface area contributed by atoms with Crippen molar-refractivity contribution in [3.8, 4) is 5.75 Å². The van der Waals surface area contributed by atoms with Crippen LogP contribution in [0.25, 0.3) is 0 Å². The predicted octanol–water partition coefficient (Wildman–Crippen LogP) is 4.30. The van der Waals surface area contributed by atoms with E-state index in [4.69, 9.17) is 13.7 Å². The first-order chi connectivity index (χ1) is 17.9. The highest BCUT2D eigenvalue weighted by Crippen LogP contribution is 2.47. The summed E-state index contributed by atoms with van der Waals surface area (Å²) in [7, 11) is -0.744. The first-order valence-electron chi connectivity index (χ1n) is 12.5. The maximum absolute atomic E-state index is 12.7. The van der Waals surface area contributed by atoms with Crippen molar-refractivity contribution in [3.05, 3.63) is 83.9 Å². The molecule has 3 aromatic carbocycles. The van der Waals surface area contributed by atoms with E-state index in [1.54, 1.807) is 0 Å². The standard InChI is InChI=1S/C29H31O6PS/c1-19-15-25(36(23-9-5-3-6-10-23)24-11-7-4-8-12-24)16-20(2)27(19)33-18-26(30)34-28-21-13-14-22(17-21)29(28)35-37(31)32/h3-12,15-16,21-22,28-29H,13-14,17-18H2,1-2H3,(H,31,32). The largest absolute Gasteiger partial charge is 0.481 e. The van der Waals surface area contributed by atoms with Crippen molar-refractivity contribution in [2.24, 2.45) is 11.8 Å². The summed E-state index contributed by atoms with van der Waals surface area (Å²) in [6.07, 6.45) is 1.68. The number of esters is 1. The minimum Gasteiger partial charge on any atom is -0.481 e. The number of hydrogen-bond donors (Lipinski definition) is 1. The minimum absolute atomic E-state index is 0.154. The van der Waals surface area contributed by atoms with E-state index in [0.717, 1.165) is 30.4 Å². The second-order valence-corrected chi connectivity index (χ2v) is 12.6. The molecule has 0 radical (unpaired) electrons. The molecule has 0 saturated heterocycles. The van der Waals surface area contributed by atoms with Crippen LogP contribution in [0.4, 0.5) is 0 Å².